The monoisotopic (exact) mass is 299 g/mol. The number of ketones is 1. The molecule has 0 saturated carbocycles. The predicted octanol–water partition coefficient (Wildman–Crippen LogP) is 3.54. The molecular formula is C14H9F4NO2. The number of carbonyl (C=O) groups excluding carboxylic acids is 1. The van der Waals surface area contributed by atoms with Crippen LogP contribution < -0.4 is 4.74 Å². The molecule has 0 spiro atoms. The number of benzene rings is 1. The number of hydrogen-bond donors (Lipinski definition) is 0. The minimum Gasteiger partial charge on any atom is -0.489 e. The van der Waals surface area contributed by atoms with Crippen LogP contribution in [-0.4, -0.2) is 16.9 Å². The number of hydrogen-bond acceptors (Lipinski definition) is 3. The van der Waals surface area contributed by atoms with Crippen LogP contribution in [0.2, 0.25) is 0 Å². The second-order valence-electron chi connectivity index (χ2n) is 4.08. The molecular weight excluding hydrogens is 290 g/mol. The summed E-state index contributed by atoms with van der Waals surface area (Å²) >= 11 is 0. The number of Topliss-reactive ketones (excluding diaryl/α,β-unsaturated/α-hetero) is 1. The van der Waals surface area contributed by atoms with Crippen molar-refractivity contribution in [2.24, 2.45) is 0 Å². The summed E-state index contributed by atoms with van der Waals surface area (Å²) < 4.78 is 55.3. The molecule has 2 rings (SSSR count). The van der Waals surface area contributed by atoms with Gasteiger partial charge in [0.15, 0.2) is 0 Å². The Morgan fingerprint density at radius 2 is 1.81 bits per heavy atom. The first-order valence-electron chi connectivity index (χ1n) is 5.81. The molecule has 0 saturated heterocycles. The molecule has 3 nitrogen and oxygen atoms in total. The van der Waals surface area contributed by atoms with Crippen LogP contribution in [0.3, 0.4) is 0 Å². The molecule has 110 valence electrons. The Hall–Kier alpha value is -2.44. The average Bonchev–Trinajstić information content (AvgIpc) is 2.45. The van der Waals surface area contributed by atoms with Crippen molar-refractivity contribution < 1.29 is 27.1 Å². The van der Waals surface area contributed by atoms with Gasteiger partial charge in [-0.1, -0.05) is 6.07 Å². The summed E-state index contributed by atoms with van der Waals surface area (Å²) in [5.41, 5.74) is -0.698. The van der Waals surface area contributed by atoms with Gasteiger partial charge in [0, 0.05) is 11.8 Å². The van der Waals surface area contributed by atoms with Crippen LogP contribution in [-0.2, 0) is 6.61 Å². The van der Waals surface area contributed by atoms with Gasteiger partial charge in [-0.25, -0.2) is 4.39 Å². The third-order valence-electron chi connectivity index (χ3n) is 2.57. The standard InChI is InChI=1S/C14H9F4NO2/c15-10-3-5-11(6-4-10)21-8-9-2-1-7-19-12(9)13(20)14(16,17)18/h1-7H,8H2. The first kappa shape index (κ1) is 15.0. The number of alkyl halides is 3. The summed E-state index contributed by atoms with van der Waals surface area (Å²) in [4.78, 5) is 14.7. The van der Waals surface area contributed by atoms with Crippen molar-refractivity contribution in [1.82, 2.24) is 4.98 Å². The van der Waals surface area contributed by atoms with Gasteiger partial charge in [-0.3, -0.25) is 9.78 Å². The summed E-state index contributed by atoms with van der Waals surface area (Å²) in [5.74, 6) is -2.22. The lowest BCUT2D eigenvalue weighted by Crippen LogP contribution is -2.25. The highest BCUT2D eigenvalue weighted by Gasteiger charge is 2.41. The van der Waals surface area contributed by atoms with Crippen LogP contribution in [0.15, 0.2) is 42.6 Å². The average molecular weight is 299 g/mol. The smallest absolute Gasteiger partial charge is 0.456 e. The highest BCUT2D eigenvalue weighted by Crippen LogP contribution is 2.23. The van der Waals surface area contributed by atoms with Crippen molar-refractivity contribution >= 4 is 5.78 Å². The zero-order valence-electron chi connectivity index (χ0n) is 10.5. The van der Waals surface area contributed by atoms with Gasteiger partial charge in [-0.15, -0.1) is 0 Å². The maximum absolute atomic E-state index is 12.7. The first-order valence-corrected chi connectivity index (χ1v) is 5.81. The summed E-state index contributed by atoms with van der Waals surface area (Å²) in [6.45, 7) is -0.281. The molecule has 0 atom stereocenters. The Kier molecular flexibility index (Phi) is 4.21. The summed E-state index contributed by atoms with van der Waals surface area (Å²) in [6.07, 6.45) is -3.90. The number of aromatic nitrogens is 1. The molecule has 0 unspecified atom stereocenters. The van der Waals surface area contributed by atoms with Gasteiger partial charge >= 0.3 is 6.18 Å². The van der Waals surface area contributed by atoms with E-state index in [-0.39, 0.29) is 17.9 Å². The third kappa shape index (κ3) is 3.77. The van der Waals surface area contributed by atoms with Crippen molar-refractivity contribution in [2.45, 2.75) is 12.8 Å². The van der Waals surface area contributed by atoms with Crippen LogP contribution >= 0.6 is 0 Å². The SMILES string of the molecule is O=C(c1ncccc1COc1ccc(F)cc1)C(F)(F)F. The third-order valence-corrected chi connectivity index (χ3v) is 2.57. The van der Waals surface area contributed by atoms with Gasteiger partial charge in [0.25, 0.3) is 5.78 Å². The molecule has 1 aromatic carbocycles. The molecule has 1 heterocycles. The minimum atomic E-state index is -5.00. The van der Waals surface area contributed by atoms with Gasteiger partial charge < -0.3 is 4.74 Å². The van der Waals surface area contributed by atoms with Crippen LogP contribution in [0, 0.1) is 5.82 Å². The van der Waals surface area contributed by atoms with E-state index < -0.39 is 23.5 Å². The van der Waals surface area contributed by atoms with Crippen molar-refractivity contribution in [1.29, 1.82) is 0 Å². The molecule has 0 amide bonds. The van der Waals surface area contributed by atoms with Crippen molar-refractivity contribution in [3.05, 3.63) is 59.7 Å². The number of carbonyl (C=O) groups is 1. The number of pyridine rings is 1. The Balaban J connectivity index is 2.17. The van der Waals surface area contributed by atoms with E-state index in [0.29, 0.717) is 0 Å². The normalized spacial score (nSPS) is 11.2. The quantitative estimate of drug-likeness (QED) is 0.640. The molecule has 0 radical (unpaired) electrons. The molecule has 0 aliphatic heterocycles. The maximum Gasteiger partial charge on any atom is 0.456 e. The van der Waals surface area contributed by atoms with Gasteiger partial charge in [0.1, 0.15) is 23.9 Å². The van der Waals surface area contributed by atoms with Crippen LogP contribution in [0.5, 0.6) is 5.75 Å². The van der Waals surface area contributed by atoms with E-state index in [0.717, 1.165) is 18.3 Å². The topological polar surface area (TPSA) is 39.2 Å². The predicted molar refractivity (Wildman–Crippen MR) is 65.4 cm³/mol. The van der Waals surface area contributed by atoms with E-state index in [4.69, 9.17) is 4.74 Å². The van der Waals surface area contributed by atoms with Gasteiger partial charge in [0.05, 0.1) is 0 Å². The Bertz CT molecular complexity index is 638. The van der Waals surface area contributed by atoms with Crippen LogP contribution in [0.25, 0.3) is 0 Å². The number of rotatable bonds is 4. The fourth-order valence-corrected chi connectivity index (χ4v) is 1.59. The number of nitrogens with zero attached hydrogens (tertiary/aromatic N) is 1. The molecule has 1 aromatic heterocycles. The largest absolute Gasteiger partial charge is 0.489 e. The molecule has 2 aromatic rings. The summed E-state index contributed by atoms with van der Waals surface area (Å²) in [5, 5.41) is 0. The first-order chi connectivity index (χ1) is 9.88. The van der Waals surface area contributed by atoms with Crippen LogP contribution in [0.4, 0.5) is 17.6 Å². The van der Waals surface area contributed by atoms with E-state index in [9.17, 15) is 22.4 Å². The molecule has 0 bridgehead atoms. The lowest BCUT2D eigenvalue weighted by molar-refractivity contribution is -0.0889. The molecule has 0 fully saturated rings. The van der Waals surface area contributed by atoms with Crippen molar-refractivity contribution in [2.75, 3.05) is 0 Å². The Morgan fingerprint density at radius 3 is 2.43 bits per heavy atom. The summed E-state index contributed by atoms with van der Waals surface area (Å²) in [6, 6.07) is 7.68. The zero-order valence-corrected chi connectivity index (χ0v) is 10.5. The van der Waals surface area contributed by atoms with Gasteiger partial charge in [-0.2, -0.15) is 13.2 Å². The molecule has 0 N–H and O–H groups in total. The zero-order chi connectivity index (χ0) is 15.5. The number of halogens is 4. The Morgan fingerprint density at radius 1 is 1.14 bits per heavy atom. The van der Waals surface area contributed by atoms with Crippen molar-refractivity contribution in [3.8, 4) is 5.75 Å². The van der Waals surface area contributed by atoms with Gasteiger partial charge in [-0.05, 0) is 30.3 Å². The van der Waals surface area contributed by atoms with E-state index in [1.54, 1.807) is 0 Å². The molecule has 7 heteroatoms. The maximum atomic E-state index is 12.7. The lowest BCUT2D eigenvalue weighted by Gasteiger charge is -2.11. The highest BCUT2D eigenvalue weighted by molar-refractivity contribution is 5.99. The van der Waals surface area contributed by atoms with E-state index in [1.165, 1.54) is 24.3 Å². The molecule has 21 heavy (non-hydrogen) atoms. The van der Waals surface area contributed by atoms with Crippen molar-refractivity contribution in [3.63, 3.8) is 0 Å². The van der Waals surface area contributed by atoms with Crippen LogP contribution in [0.1, 0.15) is 16.1 Å². The lowest BCUT2D eigenvalue weighted by atomic mass is 10.1. The fourth-order valence-electron chi connectivity index (χ4n) is 1.59. The van der Waals surface area contributed by atoms with Gasteiger partial charge in [0.2, 0.25) is 0 Å². The van der Waals surface area contributed by atoms with E-state index in [1.807, 2.05) is 0 Å². The van der Waals surface area contributed by atoms with E-state index in [2.05, 4.69) is 4.98 Å². The minimum absolute atomic E-state index is 0.00384. The highest BCUT2D eigenvalue weighted by atomic mass is 19.4. The van der Waals surface area contributed by atoms with E-state index >= 15 is 0 Å². The Labute approximate surface area is 117 Å². The fraction of sp³-hybridized carbons (Fsp3) is 0.143. The second kappa shape index (κ2) is 5.90. The molecule has 0 aliphatic rings. The second-order valence-corrected chi connectivity index (χ2v) is 4.08. The molecule has 0 aliphatic carbocycles. The number of ether oxygens (including phenoxy) is 1. The summed E-state index contributed by atoms with van der Waals surface area (Å²) in [7, 11) is 0.